The number of nitrogens with zero attached hydrogens (tertiary/aromatic N) is 6. The van der Waals surface area contributed by atoms with E-state index >= 15 is 0 Å². The fraction of sp³-hybridized carbons (Fsp3) is 0.429. The van der Waals surface area contributed by atoms with Gasteiger partial charge in [-0.25, -0.2) is 4.98 Å². The Morgan fingerprint density at radius 3 is 3.00 bits per heavy atom. The van der Waals surface area contributed by atoms with E-state index in [1.165, 1.54) is 12.8 Å². The Balaban J connectivity index is 1.71. The molecule has 0 amide bonds. The molecule has 0 atom stereocenters. The van der Waals surface area contributed by atoms with E-state index in [-0.39, 0.29) is 0 Å². The Labute approximate surface area is 122 Å². The quantitative estimate of drug-likeness (QED) is 0.788. The first-order valence-electron chi connectivity index (χ1n) is 7.13. The second-order valence-electron chi connectivity index (χ2n) is 5.70. The van der Waals surface area contributed by atoms with Gasteiger partial charge < -0.3 is 9.88 Å². The lowest BCUT2D eigenvalue weighted by Gasteiger charge is -2.19. The summed E-state index contributed by atoms with van der Waals surface area (Å²) in [5, 5.41) is 12.8. The van der Waals surface area contributed by atoms with Crippen LogP contribution in [0.3, 0.4) is 0 Å². The Hall–Kier alpha value is -2.44. The van der Waals surface area contributed by atoms with E-state index in [2.05, 4.69) is 36.2 Å². The molecule has 21 heavy (non-hydrogen) atoms. The highest BCUT2D eigenvalue weighted by Crippen LogP contribution is 2.40. The molecule has 0 aliphatic heterocycles. The highest BCUT2D eigenvalue weighted by atomic mass is 15.4. The molecule has 3 aromatic heterocycles. The predicted octanol–water partition coefficient (Wildman–Crippen LogP) is 1.67. The topological polar surface area (TPSA) is 75.0 Å². The molecular weight excluding hydrogens is 266 g/mol. The number of imidazole rings is 1. The number of hydrogen-bond acceptors (Lipinski definition) is 5. The third-order valence-corrected chi connectivity index (χ3v) is 3.82. The van der Waals surface area contributed by atoms with Crippen molar-refractivity contribution in [3.8, 4) is 0 Å². The number of aromatic nitrogens is 6. The molecule has 1 saturated carbocycles. The standard InChI is InChI=1S/C14H17N7/c1-9-6-15-13(17-9)7-20(2)12-5-11(10-3-4-10)19-21-8-16-18-14(12)21/h5-6,8,10H,3-4,7H2,1-2H3,(H,15,17). The average molecular weight is 283 g/mol. The van der Waals surface area contributed by atoms with Crippen LogP contribution < -0.4 is 4.90 Å². The van der Waals surface area contributed by atoms with Crippen LogP contribution in [0, 0.1) is 6.92 Å². The Bertz CT molecular complexity index is 784. The van der Waals surface area contributed by atoms with E-state index in [1.807, 2.05) is 20.2 Å². The lowest BCUT2D eigenvalue weighted by atomic mass is 10.2. The maximum Gasteiger partial charge on any atom is 0.200 e. The number of aromatic amines is 1. The molecule has 108 valence electrons. The minimum atomic E-state index is 0.592. The summed E-state index contributed by atoms with van der Waals surface area (Å²) in [6.45, 7) is 2.70. The number of fused-ring (bicyclic) bond motifs is 1. The van der Waals surface area contributed by atoms with Gasteiger partial charge in [0, 0.05) is 24.9 Å². The molecule has 3 heterocycles. The normalized spacial score (nSPS) is 14.8. The molecule has 1 aliphatic rings. The second kappa shape index (κ2) is 4.54. The van der Waals surface area contributed by atoms with Gasteiger partial charge in [-0.15, -0.1) is 10.2 Å². The van der Waals surface area contributed by atoms with Crippen LogP contribution in [0.2, 0.25) is 0 Å². The molecule has 0 unspecified atom stereocenters. The van der Waals surface area contributed by atoms with E-state index in [0.29, 0.717) is 12.5 Å². The van der Waals surface area contributed by atoms with Crippen LogP contribution >= 0.6 is 0 Å². The maximum absolute atomic E-state index is 4.59. The summed E-state index contributed by atoms with van der Waals surface area (Å²) in [6, 6.07) is 2.14. The largest absolute Gasteiger partial charge is 0.364 e. The summed E-state index contributed by atoms with van der Waals surface area (Å²) in [4.78, 5) is 9.76. The predicted molar refractivity (Wildman–Crippen MR) is 78.2 cm³/mol. The summed E-state index contributed by atoms with van der Waals surface area (Å²) >= 11 is 0. The van der Waals surface area contributed by atoms with E-state index < -0.39 is 0 Å². The Kier molecular flexibility index (Phi) is 2.66. The molecule has 1 aliphatic carbocycles. The molecule has 1 N–H and O–H groups in total. The van der Waals surface area contributed by atoms with Crippen LogP contribution in [0.4, 0.5) is 5.69 Å². The van der Waals surface area contributed by atoms with Crippen LogP contribution in [-0.2, 0) is 6.54 Å². The zero-order chi connectivity index (χ0) is 14.4. The number of hydrogen-bond donors (Lipinski definition) is 1. The first kappa shape index (κ1) is 12.3. The van der Waals surface area contributed by atoms with Crippen molar-refractivity contribution < 1.29 is 0 Å². The van der Waals surface area contributed by atoms with Gasteiger partial charge in [-0.1, -0.05) is 0 Å². The lowest BCUT2D eigenvalue weighted by molar-refractivity contribution is 0.819. The Morgan fingerprint density at radius 1 is 1.43 bits per heavy atom. The zero-order valence-electron chi connectivity index (χ0n) is 12.1. The molecule has 4 rings (SSSR count). The van der Waals surface area contributed by atoms with Gasteiger partial charge in [-0.3, -0.25) is 0 Å². The van der Waals surface area contributed by atoms with Crippen molar-refractivity contribution in [2.75, 3.05) is 11.9 Å². The summed E-state index contributed by atoms with van der Waals surface area (Å²) in [5.41, 5.74) is 4.02. The van der Waals surface area contributed by atoms with E-state index in [9.17, 15) is 0 Å². The van der Waals surface area contributed by atoms with Crippen molar-refractivity contribution in [1.29, 1.82) is 0 Å². The zero-order valence-corrected chi connectivity index (χ0v) is 12.1. The number of nitrogens with one attached hydrogen (secondary N) is 1. The van der Waals surface area contributed by atoms with Crippen molar-refractivity contribution >= 4 is 11.3 Å². The lowest BCUT2D eigenvalue weighted by Crippen LogP contribution is -2.19. The molecule has 3 aromatic rings. The van der Waals surface area contributed by atoms with Gasteiger partial charge in [-0.2, -0.15) is 9.61 Å². The van der Waals surface area contributed by atoms with E-state index in [1.54, 1.807) is 10.8 Å². The fourth-order valence-electron chi connectivity index (χ4n) is 2.55. The summed E-state index contributed by atoms with van der Waals surface area (Å²) in [7, 11) is 2.04. The first-order valence-corrected chi connectivity index (χ1v) is 7.13. The molecule has 0 saturated heterocycles. The van der Waals surface area contributed by atoms with Gasteiger partial charge in [0.05, 0.1) is 17.9 Å². The number of rotatable bonds is 4. The molecule has 7 heteroatoms. The second-order valence-corrected chi connectivity index (χ2v) is 5.70. The molecule has 0 aromatic carbocycles. The fourth-order valence-corrected chi connectivity index (χ4v) is 2.55. The molecular formula is C14H17N7. The van der Waals surface area contributed by atoms with E-state index in [4.69, 9.17) is 0 Å². The van der Waals surface area contributed by atoms with Crippen molar-refractivity contribution in [1.82, 2.24) is 29.8 Å². The Morgan fingerprint density at radius 2 is 2.29 bits per heavy atom. The van der Waals surface area contributed by atoms with Crippen LogP contribution in [-0.4, -0.2) is 36.8 Å². The number of aryl methyl sites for hydroxylation is 1. The molecule has 0 bridgehead atoms. The van der Waals surface area contributed by atoms with E-state index in [0.717, 1.165) is 28.5 Å². The van der Waals surface area contributed by atoms with Gasteiger partial charge in [0.2, 0.25) is 5.65 Å². The van der Waals surface area contributed by atoms with Gasteiger partial charge in [-0.05, 0) is 25.8 Å². The molecule has 0 spiro atoms. The highest BCUT2D eigenvalue weighted by Gasteiger charge is 2.27. The highest BCUT2D eigenvalue weighted by molar-refractivity contribution is 5.68. The van der Waals surface area contributed by atoms with Gasteiger partial charge in [0.25, 0.3) is 0 Å². The van der Waals surface area contributed by atoms with Crippen molar-refractivity contribution in [3.05, 3.63) is 35.8 Å². The van der Waals surface area contributed by atoms with Gasteiger partial charge >= 0.3 is 0 Å². The van der Waals surface area contributed by atoms with Crippen LogP contribution in [0.1, 0.15) is 36.0 Å². The first-order chi connectivity index (χ1) is 10.2. The summed E-state index contributed by atoms with van der Waals surface area (Å²) < 4.78 is 1.77. The SMILES string of the molecule is Cc1cnc(CN(C)c2cc(C3CC3)nn3cnnc23)[nH]1. The van der Waals surface area contributed by atoms with Gasteiger partial charge in [0.15, 0.2) is 0 Å². The summed E-state index contributed by atoms with van der Waals surface area (Å²) in [6.07, 6.45) is 5.95. The third kappa shape index (κ3) is 2.24. The maximum atomic E-state index is 4.59. The van der Waals surface area contributed by atoms with Crippen LogP contribution in [0.5, 0.6) is 0 Å². The average Bonchev–Trinajstić information content (AvgIpc) is 3.08. The summed E-state index contributed by atoms with van der Waals surface area (Å²) in [5.74, 6) is 1.53. The van der Waals surface area contributed by atoms with Crippen LogP contribution in [0.15, 0.2) is 18.6 Å². The molecule has 1 fully saturated rings. The molecule has 0 radical (unpaired) electrons. The third-order valence-electron chi connectivity index (χ3n) is 3.82. The van der Waals surface area contributed by atoms with Crippen molar-refractivity contribution in [2.24, 2.45) is 0 Å². The van der Waals surface area contributed by atoms with Crippen molar-refractivity contribution in [2.45, 2.75) is 32.2 Å². The van der Waals surface area contributed by atoms with Crippen molar-refractivity contribution in [3.63, 3.8) is 0 Å². The minimum Gasteiger partial charge on any atom is -0.364 e. The number of anilines is 1. The van der Waals surface area contributed by atoms with Crippen LogP contribution in [0.25, 0.3) is 5.65 Å². The smallest absolute Gasteiger partial charge is 0.200 e. The molecule has 7 nitrogen and oxygen atoms in total. The monoisotopic (exact) mass is 283 g/mol. The number of H-pyrrole nitrogens is 1. The minimum absolute atomic E-state index is 0.592. The van der Waals surface area contributed by atoms with Gasteiger partial charge in [0.1, 0.15) is 12.2 Å².